The van der Waals surface area contributed by atoms with E-state index < -0.39 is 0 Å². The SMILES string of the molecule is Cc1ccccc1C(=O)Nc1cccc(C(=O)CN)c1. The molecule has 2 aromatic carbocycles. The average Bonchev–Trinajstić information content (AvgIpc) is 2.47. The molecule has 0 unspecified atom stereocenters. The van der Waals surface area contributed by atoms with Crippen molar-refractivity contribution in [3.63, 3.8) is 0 Å². The van der Waals surface area contributed by atoms with Crippen molar-refractivity contribution in [1.29, 1.82) is 0 Å². The summed E-state index contributed by atoms with van der Waals surface area (Å²) in [5.41, 5.74) is 7.92. The van der Waals surface area contributed by atoms with Gasteiger partial charge in [0.15, 0.2) is 5.78 Å². The number of nitrogens with two attached hydrogens (primary N) is 1. The van der Waals surface area contributed by atoms with Gasteiger partial charge >= 0.3 is 0 Å². The highest BCUT2D eigenvalue weighted by molar-refractivity contribution is 6.06. The highest BCUT2D eigenvalue weighted by atomic mass is 16.1. The van der Waals surface area contributed by atoms with Gasteiger partial charge in [0, 0.05) is 16.8 Å². The van der Waals surface area contributed by atoms with Gasteiger partial charge in [-0.2, -0.15) is 0 Å². The normalized spacial score (nSPS) is 10.1. The molecular formula is C16H16N2O2. The fourth-order valence-electron chi connectivity index (χ4n) is 1.91. The van der Waals surface area contributed by atoms with E-state index in [9.17, 15) is 9.59 Å². The van der Waals surface area contributed by atoms with Crippen LogP contribution in [0.15, 0.2) is 48.5 Å². The van der Waals surface area contributed by atoms with E-state index in [0.717, 1.165) is 5.56 Å². The van der Waals surface area contributed by atoms with Crippen molar-refractivity contribution in [3.05, 3.63) is 65.2 Å². The van der Waals surface area contributed by atoms with Gasteiger partial charge in [-0.25, -0.2) is 0 Å². The van der Waals surface area contributed by atoms with Gasteiger partial charge in [-0.15, -0.1) is 0 Å². The van der Waals surface area contributed by atoms with Crippen LogP contribution in [0.2, 0.25) is 0 Å². The summed E-state index contributed by atoms with van der Waals surface area (Å²) in [5, 5.41) is 2.79. The molecule has 0 fully saturated rings. The molecule has 1 amide bonds. The second-order valence-electron chi connectivity index (χ2n) is 4.48. The average molecular weight is 268 g/mol. The molecule has 2 aromatic rings. The molecule has 0 aliphatic heterocycles. The topological polar surface area (TPSA) is 72.2 Å². The number of anilines is 1. The summed E-state index contributed by atoms with van der Waals surface area (Å²) in [5.74, 6) is -0.350. The molecule has 0 aromatic heterocycles. The Morgan fingerprint density at radius 3 is 2.55 bits per heavy atom. The fourth-order valence-corrected chi connectivity index (χ4v) is 1.91. The third-order valence-electron chi connectivity index (χ3n) is 3.02. The van der Waals surface area contributed by atoms with Gasteiger partial charge in [0.1, 0.15) is 0 Å². The predicted octanol–water partition coefficient (Wildman–Crippen LogP) is 2.39. The van der Waals surface area contributed by atoms with Crippen LogP contribution in [-0.4, -0.2) is 18.2 Å². The molecule has 3 N–H and O–H groups in total. The Morgan fingerprint density at radius 1 is 1.10 bits per heavy atom. The fraction of sp³-hybridized carbons (Fsp3) is 0.125. The van der Waals surface area contributed by atoms with E-state index >= 15 is 0 Å². The minimum absolute atomic E-state index is 0.0464. The van der Waals surface area contributed by atoms with Crippen molar-refractivity contribution in [2.24, 2.45) is 5.73 Å². The summed E-state index contributed by atoms with van der Waals surface area (Å²) in [6.07, 6.45) is 0. The Morgan fingerprint density at radius 2 is 1.85 bits per heavy atom. The van der Waals surface area contributed by atoms with Crippen LogP contribution in [0.4, 0.5) is 5.69 Å². The summed E-state index contributed by atoms with van der Waals surface area (Å²) >= 11 is 0. The molecular weight excluding hydrogens is 252 g/mol. The van der Waals surface area contributed by atoms with Crippen molar-refractivity contribution < 1.29 is 9.59 Å². The Bertz CT molecular complexity index is 650. The molecule has 2 rings (SSSR count). The number of amides is 1. The van der Waals surface area contributed by atoms with Crippen LogP contribution in [0.3, 0.4) is 0 Å². The summed E-state index contributed by atoms with van der Waals surface area (Å²) in [6, 6.07) is 14.1. The molecule has 0 saturated heterocycles. The van der Waals surface area contributed by atoms with Crippen LogP contribution in [0, 0.1) is 6.92 Å². The summed E-state index contributed by atoms with van der Waals surface area (Å²) < 4.78 is 0. The third kappa shape index (κ3) is 3.10. The molecule has 0 saturated carbocycles. The van der Waals surface area contributed by atoms with Gasteiger partial charge in [0.05, 0.1) is 6.54 Å². The number of aryl methyl sites for hydroxylation is 1. The van der Waals surface area contributed by atoms with Crippen LogP contribution in [0.25, 0.3) is 0 Å². The van der Waals surface area contributed by atoms with Crippen molar-refractivity contribution >= 4 is 17.4 Å². The molecule has 0 bridgehead atoms. The van der Waals surface area contributed by atoms with Crippen molar-refractivity contribution in [2.75, 3.05) is 11.9 Å². The number of benzene rings is 2. The van der Waals surface area contributed by atoms with E-state index in [4.69, 9.17) is 5.73 Å². The molecule has 0 aliphatic carbocycles. The van der Waals surface area contributed by atoms with Crippen LogP contribution >= 0.6 is 0 Å². The van der Waals surface area contributed by atoms with Crippen LogP contribution in [-0.2, 0) is 0 Å². The molecule has 0 spiro atoms. The lowest BCUT2D eigenvalue weighted by molar-refractivity contribution is 0.0997. The quantitative estimate of drug-likeness (QED) is 0.836. The maximum absolute atomic E-state index is 12.2. The summed E-state index contributed by atoms with van der Waals surface area (Å²) in [6.45, 7) is 1.83. The molecule has 0 aliphatic rings. The second kappa shape index (κ2) is 6.12. The molecule has 0 heterocycles. The minimum Gasteiger partial charge on any atom is -0.324 e. The zero-order chi connectivity index (χ0) is 14.5. The zero-order valence-corrected chi connectivity index (χ0v) is 11.2. The number of hydrogen-bond donors (Lipinski definition) is 2. The van der Waals surface area contributed by atoms with E-state index in [-0.39, 0.29) is 18.2 Å². The smallest absolute Gasteiger partial charge is 0.255 e. The van der Waals surface area contributed by atoms with Gasteiger partial charge in [-0.3, -0.25) is 9.59 Å². The number of carbonyl (C=O) groups is 2. The van der Waals surface area contributed by atoms with Gasteiger partial charge in [0.25, 0.3) is 5.91 Å². The van der Waals surface area contributed by atoms with Crippen LogP contribution in [0.1, 0.15) is 26.3 Å². The summed E-state index contributed by atoms with van der Waals surface area (Å²) in [4.78, 5) is 23.7. The van der Waals surface area contributed by atoms with Crippen LogP contribution < -0.4 is 11.1 Å². The van der Waals surface area contributed by atoms with E-state index in [2.05, 4.69) is 5.32 Å². The largest absolute Gasteiger partial charge is 0.324 e. The first-order valence-electron chi connectivity index (χ1n) is 6.32. The van der Waals surface area contributed by atoms with Gasteiger partial charge in [-0.1, -0.05) is 30.3 Å². The highest BCUT2D eigenvalue weighted by Crippen LogP contribution is 2.14. The number of nitrogens with one attached hydrogen (secondary N) is 1. The van der Waals surface area contributed by atoms with Crippen molar-refractivity contribution in [2.45, 2.75) is 6.92 Å². The Hall–Kier alpha value is -2.46. The molecule has 102 valence electrons. The lowest BCUT2D eigenvalue weighted by Gasteiger charge is -2.08. The van der Waals surface area contributed by atoms with Crippen molar-refractivity contribution in [1.82, 2.24) is 0 Å². The molecule has 4 heteroatoms. The molecule has 0 radical (unpaired) electrons. The Balaban J connectivity index is 2.20. The second-order valence-corrected chi connectivity index (χ2v) is 4.48. The Kier molecular flexibility index (Phi) is 4.27. The van der Waals surface area contributed by atoms with Gasteiger partial charge < -0.3 is 11.1 Å². The van der Waals surface area contributed by atoms with Gasteiger partial charge in [0.2, 0.25) is 0 Å². The number of Topliss-reactive ketones (excluding diaryl/α,β-unsaturated/α-hetero) is 1. The first kappa shape index (κ1) is 14.0. The van der Waals surface area contributed by atoms with Crippen LogP contribution in [0.5, 0.6) is 0 Å². The number of hydrogen-bond acceptors (Lipinski definition) is 3. The van der Waals surface area contributed by atoms with E-state index in [0.29, 0.717) is 16.8 Å². The van der Waals surface area contributed by atoms with Crippen molar-refractivity contribution in [3.8, 4) is 0 Å². The minimum atomic E-state index is -0.194. The number of carbonyl (C=O) groups excluding carboxylic acids is 2. The first-order chi connectivity index (χ1) is 9.61. The van der Waals surface area contributed by atoms with E-state index in [1.165, 1.54) is 0 Å². The summed E-state index contributed by atoms with van der Waals surface area (Å²) in [7, 11) is 0. The highest BCUT2D eigenvalue weighted by Gasteiger charge is 2.10. The first-order valence-corrected chi connectivity index (χ1v) is 6.32. The number of ketones is 1. The van der Waals surface area contributed by atoms with Gasteiger partial charge in [-0.05, 0) is 30.7 Å². The molecule has 4 nitrogen and oxygen atoms in total. The standard InChI is InChI=1S/C16H16N2O2/c1-11-5-2-3-8-14(11)16(20)18-13-7-4-6-12(9-13)15(19)10-17/h2-9H,10,17H2,1H3,(H,18,20). The monoisotopic (exact) mass is 268 g/mol. The third-order valence-corrected chi connectivity index (χ3v) is 3.02. The maximum Gasteiger partial charge on any atom is 0.255 e. The molecule has 20 heavy (non-hydrogen) atoms. The zero-order valence-electron chi connectivity index (χ0n) is 11.2. The predicted molar refractivity (Wildman–Crippen MR) is 79.0 cm³/mol. The maximum atomic E-state index is 12.2. The molecule has 0 atom stereocenters. The number of rotatable bonds is 4. The van der Waals surface area contributed by atoms with E-state index in [1.54, 1.807) is 30.3 Å². The lowest BCUT2D eigenvalue weighted by atomic mass is 10.1. The lowest BCUT2D eigenvalue weighted by Crippen LogP contribution is -2.15. The Labute approximate surface area is 117 Å². The van der Waals surface area contributed by atoms with E-state index in [1.807, 2.05) is 25.1 Å².